The van der Waals surface area contributed by atoms with Gasteiger partial charge in [-0.2, -0.15) is 0 Å². The van der Waals surface area contributed by atoms with E-state index in [4.69, 9.17) is 5.73 Å². The lowest BCUT2D eigenvalue weighted by Crippen LogP contribution is -2.58. The first kappa shape index (κ1) is 11.3. The van der Waals surface area contributed by atoms with Crippen molar-refractivity contribution >= 4 is 23.5 Å². The van der Waals surface area contributed by atoms with Crippen molar-refractivity contribution in [3.63, 3.8) is 0 Å². The molecule has 7 heteroatoms. The van der Waals surface area contributed by atoms with Gasteiger partial charge < -0.3 is 10.6 Å². The Labute approximate surface area is 98.0 Å². The standard InChI is InChI=1S/C10H13N5O2/c1-2-7-9(17)14-8(16)5-15(7)10-12-3-6(11)4-13-10/h3-4,7H,2,5,11H2,1H3,(H,14,16,17). The molecule has 1 aliphatic heterocycles. The third-order valence-electron chi connectivity index (χ3n) is 2.56. The van der Waals surface area contributed by atoms with Crippen LogP contribution in [0.3, 0.4) is 0 Å². The van der Waals surface area contributed by atoms with E-state index in [1.807, 2.05) is 6.92 Å². The van der Waals surface area contributed by atoms with Gasteiger partial charge in [-0.1, -0.05) is 6.92 Å². The SMILES string of the molecule is CCC1C(=O)NC(=O)CN1c1ncc(N)cn1. The topological polar surface area (TPSA) is 101 Å². The van der Waals surface area contributed by atoms with Crippen molar-refractivity contribution < 1.29 is 9.59 Å². The predicted octanol–water partition coefficient (Wildman–Crippen LogP) is -0.700. The zero-order valence-corrected chi connectivity index (χ0v) is 9.38. The minimum Gasteiger partial charge on any atom is -0.396 e. The van der Waals surface area contributed by atoms with Gasteiger partial charge in [0.05, 0.1) is 18.1 Å². The maximum atomic E-state index is 11.6. The molecule has 1 aliphatic rings. The predicted molar refractivity (Wildman–Crippen MR) is 61.0 cm³/mol. The Balaban J connectivity index is 2.30. The van der Waals surface area contributed by atoms with Crippen molar-refractivity contribution in [2.24, 2.45) is 0 Å². The van der Waals surface area contributed by atoms with Crippen LogP contribution in [0, 0.1) is 0 Å². The number of hydrogen-bond donors (Lipinski definition) is 2. The Morgan fingerprint density at radius 3 is 2.71 bits per heavy atom. The highest BCUT2D eigenvalue weighted by Crippen LogP contribution is 2.16. The van der Waals surface area contributed by atoms with Gasteiger partial charge in [0.25, 0.3) is 0 Å². The third-order valence-corrected chi connectivity index (χ3v) is 2.56. The summed E-state index contributed by atoms with van der Waals surface area (Å²) in [6.45, 7) is 1.94. The lowest BCUT2D eigenvalue weighted by molar-refractivity contribution is -0.133. The summed E-state index contributed by atoms with van der Waals surface area (Å²) < 4.78 is 0. The molecule has 0 radical (unpaired) electrons. The second kappa shape index (κ2) is 4.36. The van der Waals surface area contributed by atoms with E-state index < -0.39 is 6.04 Å². The second-order valence-electron chi connectivity index (χ2n) is 3.78. The van der Waals surface area contributed by atoms with Crippen molar-refractivity contribution in [1.82, 2.24) is 15.3 Å². The molecule has 3 N–H and O–H groups in total. The van der Waals surface area contributed by atoms with E-state index in [0.717, 1.165) is 0 Å². The summed E-state index contributed by atoms with van der Waals surface area (Å²) in [5.41, 5.74) is 5.93. The number of nitrogen functional groups attached to an aromatic ring is 1. The van der Waals surface area contributed by atoms with Gasteiger partial charge in [0, 0.05) is 0 Å². The van der Waals surface area contributed by atoms with E-state index in [1.165, 1.54) is 12.4 Å². The molecule has 90 valence electrons. The molecule has 0 spiro atoms. The van der Waals surface area contributed by atoms with Crippen LogP contribution in [0.25, 0.3) is 0 Å². The van der Waals surface area contributed by atoms with Crippen LogP contribution in [0.4, 0.5) is 11.6 Å². The zero-order valence-electron chi connectivity index (χ0n) is 9.38. The van der Waals surface area contributed by atoms with Crippen LogP contribution in [0.5, 0.6) is 0 Å². The van der Waals surface area contributed by atoms with Gasteiger partial charge in [-0.3, -0.25) is 14.9 Å². The summed E-state index contributed by atoms with van der Waals surface area (Å²) in [6.07, 6.45) is 3.48. The number of imide groups is 1. The molecule has 2 rings (SSSR count). The number of carbonyl (C=O) groups excluding carboxylic acids is 2. The van der Waals surface area contributed by atoms with E-state index in [2.05, 4.69) is 15.3 Å². The number of nitrogens with zero attached hydrogens (tertiary/aromatic N) is 3. The number of anilines is 2. The number of nitrogens with two attached hydrogens (primary N) is 1. The fourth-order valence-electron chi connectivity index (χ4n) is 1.76. The van der Waals surface area contributed by atoms with Gasteiger partial charge in [-0.15, -0.1) is 0 Å². The Hall–Kier alpha value is -2.18. The molecule has 7 nitrogen and oxygen atoms in total. The van der Waals surface area contributed by atoms with E-state index in [1.54, 1.807) is 4.90 Å². The summed E-state index contributed by atoms with van der Waals surface area (Å²) in [6, 6.07) is -0.420. The number of nitrogens with one attached hydrogen (secondary N) is 1. The fraction of sp³-hybridized carbons (Fsp3) is 0.400. The van der Waals surface area contributed by atoms with E-state index in [9.17, 15) is 9.59 Å². The fourth-order valence-corrected chi connectivity index (χ4v) is 1.76. The minimum absolute atomic E-state index is 0.0775. The van der Waals surface area contributed by atoms with Gasteiger partial charge in [0.15, 0.2) is 0 Å². The number of hydrogen-bond acceptors (Lipinski definition) is 6. The summed E-state index contributed by atoms with van der Waals surface area (Å²) >= 11 is 0. The van der Waals surface area contributed by atoms with Crippen LogP contribution in [-0.2, 0) is 9.59 Å². The zero-order chi connectivity index (χ0) is 12.4. The van der Waals surface area contributed by atoms with Crippen LogP contribution < -0.4 is 16.0 Å². The van der Waals surface area contributed by atoms with Crippen LogP contribution >= 0.6 is 0 Å². The molecule has 1 fully saturated rings. The molecule has 1 saturated heterocycles. The van der Waals surface area contributed by atoms with E-state index in [-0.39, 0.29) is 18.4 Å². The average Bonchev–Trinajstić information content (AvgIpc) is 2.29. The summed E-state index contributed by atoms with van der Waals surface area (Å²) in [7, 11) is 0. The number of piperazine rings is 1. The molecule has 2 amide bonds. The Morgan fingerprint density at radius 2 is 2.12 bits per heavy atom. The van der Waals surface area contributed by atoms with Crippen molar-refractivity contribution in [1.29, 1.82) is 0 Å². The molecule has 1 unspecified atom stereocenters. The molecule has 0 aromatic carbocycles. The number of amides is 2. The molecular formula is C10H13N5O2. The van der Waals surface area contributed by atoms with E-state index >= 15 is 0 Å². The van der Waals surface area contributed by atoms with Crippen molar-refractivity contribution in [2.75, 3.05) is 17.2 Å². The van der Waals surface area contributed by atoms with Crippen LogP contribution in [0.1, 0.15) is 13.3 Å². The van der Waals surface area contributed by atoms with E-state index in [0.29, 0.717) is 18.1 Å². The quantitative estimate of drug-likeness (QED) is 0.657. The lowest BCUT2D eigenvalue weighted by atomic mass is 10.1. The van der Waals surface area contributed by atoms with Crippen molar-refractivity contribution in [3.05, 3.63) is 12.4 Å². The van der Waals surface area contributed by atoms with Gasteiger partial charge in [-0.25, -0.2) is 9.97 Å². The third kappa shape index (κ3) is 2.17. The largest absolute Gasteiger partial charge is 0.396 e. The first-order valence-electron chi connectivity index (χ1n) is 5.29. The molecule has 1 atom stereocenters. The first-order chi connectivity index (χ1) is 8.11. The number of aromatic nitrogens is 2. The van der Waals surface area contributed by atoms with Crippen LogP contribution in [-0.4, -0.2) is 34.4 Å². The average molecular weight is 235 g/mol. The maximum absolute atomic E-state index is 11.6. The second-order valence-corrected chi connectivity index (χ2v) is 3.78. The maximum Gasteiger partial charge on any atom is 0.249 e. The van der Waals surface area contributed by atoms with Gasteiger partial charge in [-0.05, 0) is 6.42 Å². The van der Waals surface area contributed by atoms with Gasteiger partial charge in [0.1, 0.15) is 12.6 Å². The smallest absolute Gasteiger partial charge is 0.249 e. The Morgan fingerprint density at radius 1 is 1.47 bits per heavy atom. The lowest BCUT2D eigenvalue weighted by Gasteiger charge is -2.33. The molecule has 0 saturated carbocycles. The molecule has 2 heterocycles. The molecular weight excluding hydrogens is 222 g/mol. The van der Waals surface area contributed by atoms with Gasteiger partial charge >= 0.3 is 0 Å². The number of carbonyl (C=O) groups is 2. The molecule has 1 aromatic heterocycles. The summed E-state index contributed by atoms with van der Waals surface area (Å²) in [5, 5.41) is 2.29. The molecule has 0 aliphatic carbocycles. The molecule has 17 heavy (non-hydrogen) atoms. The molecule has 1 aromatic rings. The van der Waals surface area contributed by atoms with Gasteiger partial charge in [0.2, 0.25) is 17.8 Å². The molecule has 0 bridgehead atoms. The summed E-state index contributed by atoms with van der Waals surface area (Å²) in [5.74, 6) is -0.321. The minimum atomic E-state index is -0.420. The highest BCUT2D eigenvalue weighted by atomic mass is 16.2. The van der Waals surface area contributed by atoms with Crippen LogP contribution in [0.2, 0.25) is 0 Å². The monoisotopic (exact) mass is 235 g/mol. The Bertz CT molecular complexity index is 445. The van der Waals surface area contributed by atoms with Crippen molar-refractivity contribution in [3.8, 4) is 0 Å². The Kier molecular flexibility index (Phi) is 2.90. The number of rotatable bonds is 2. The normalized spacial score (nSPS) is 20.3. The first-order valence-corrected chi connectivity index (χ1v) is 5.29. The highest BCUT2D eigenvalue weighted by molar-refractivity contribution is 6.04. The van der Waals surface area contributed by atoms with Crippen LogP contribution in [0.15, 0.2) is 12.4 Å². The van der Waals surface area contributed by atoms with Crippen molar-refractivity contribution in [2.45, 2.75) is 19.4 Å². The highest BCUT2D eigenvalue weighted by Gasteiger charge is 2.33. The summed E-state index contributed by atoms with van der Waals surface area (Å²) in [4.78, 5) is 32.6.